The third kappa shape index (κ3) is 5.43. The lowest BCUT2D eigenvalue weighted by Gasteiger charge is -2.48. The molecular weight excluding hydrogens is 468 g/mol. The van der Waals surface area contributed by atoms with Crippen molar-refractivity contribution >= 4 is 33.6 Å². The maximum Gasteiger partial charge on any atom is 0.277 e. The zero-order chi connectivity index (χ0) is 20.8. The standard InChI is InChI=1S/C21H27BrN4O3S/c22-17-6-4-5-16(13-17)19-24-25-20(29-19)30-14-18(27)23-15-21(7-2-1-3-8-21)26-9-11-28-12-10-26/h4-6,13H,1-3,7-12,14-15H2,(H,23,27). The van der Waals surface area contributed by atoms with E-state index in [0.717, 1.165) is 49.2 Å². The summed E-state index contributed by atoms with van der Waals surface area (Å²) in [5, 5.41) is 11.7. The van der Waals surface area contributed by atoms with Crippen LogP contribution in [0, 0.1) is 0 Å². The van der Waals surface area contributed by atoms with Gasteiger partial charge in [0, 0.05) is 35.2 Å². The average molecular weight is 495 g/mol. The number of halogens is 1. The number of hydrogen-bond donors (Lipinski definition) is 1. The van der Waals surface area contributed by atoms with Crippen LogP contribution in [-0.4, -0.2) is 65.1 Å². The van der Waals surface area contributed by atoms with Gasteiger partial charge in [-0.3, -0.25) is 9.69 Å². The van der Waals surface area contributed by atoms with Crippen molar-refractivity contribution < 1.29 is 13.9 Å². The summed E-state index contributed by atoms with van der Waals surface area (Å²) in [7, 11) is 0. The largest absolute Gasteiger partial charge is 0.411 e. The van der Waals surface area contributed by atoms with Crippen molar-refractivity contribution in [2.75, 3.05) is 38.6 Å². The van der Waals surface area contributed by atoms with Crippen molar-refractivity contribution in [2.24, 2.45) is 0 Å². The second-order valence-electron chi connectivity index (χ2n) is 7.83. The highest BCUT2D eigenvalue weighted by Crippen LogP contribution is 2.34. The van der Waals surface area contributed by atoms with E-state index in [2.05, 4.69) is 36.3 Å². The van der Waals surface area contributed by atoms with E-state index in [-0.39, 0.29) is 17.2 Å². The summed E-state index contributed by atoms with van der Waals surface area (Å²) in [5.74, 6) is 0.715. The first-order chi connectivity index (χ1) is 14.6. The molecule has 7 nitrogen and oxygen atoms in total. The molecule has 4 rings (SSSR count). The molecular formula is C21H27BrN4O3S. The number of amides is 1. The van der Waals surface area contributed by atoms with Gasteiger partial charge in [0.05, 0.1) is 19.0 Å². The van der Waals surface area contributed by atoms with E-state index in [0.29, 0.717) is 17.7 Å². The second kappa shape index (κ2) is 10.3. The Hall–Kier alpha value is -1.42. The molecule has 1 aromatic heterocycles. The van der Waals surface area contributed by atoms with Gasteiger partial charge in [0.2, 0.25) is 11.8 Å². The van der Waals surface area contributed by atoms with E-state index >= 15 is 0 Å². The molecule has 1 aliphatic heterocycles. The highest BCUT2D eigenvalue weighted by atomic mass is 79.9. The number of aromatic nitrogens is 2. The molecule has 9 heteroatoms. The Balaban J connectivity index is 1.30. The Morgan fingerprint density at radius 2 is 2.00 bits per heavy atom. The van der Waals surface area contributed by atoms with Crippen molar-refractivity contribution in [3.05, 3.63) is 28.7 Å². The second-order valence-corrected chi connectivity index (χ2v) is 9.68. The van der Waals surface area contributed by atoms with E-state index in [1.54, 1.807) is 0 Å². The number of nitrogens with one attached hydrogen (secondary N) is 1. The first kappa shape index (κ1) is 21.8. The van der Waals surface area contributed by atoms with Gasteiger partial charge in [-0.25, -0.2) is 0 Å². The van der Waals surface area contributed by atoms with Gasteiger partial charge in [0.1, 0.15) is 0 Å². The van der Waals surface area contributed by atoms with Crippen LogP contribution in [0.2, 0.25) is 0 Å². The minimum Gasteiger partial charge on any atom is -0.411 e. The normalized spacial score (nSPS) is 19.5. The lowest BCUT2D eigenvalue weighted by molar-refractivity contribution is -0.119. The topological polar surface area (TPSA) is 80.5 Å². The van der Waals surface area contributed by atoms with Crippen LogP contribution in [0.4, 0.5) is 0 Å². The zero-order valence-electron chi connectivity index (χ0n) is 16.9. The van der Waals surface area contributed by atoms with Gasteiger partial charge < -0.3 is 14.5 Å². The van der Waals surface area contributed by atoms with E-state index in [1.165, 1.54) is 31.0 Å². The van der Waals surface area contributed by atoms with Crippen LogP contribution in [0.15, 0.2) is 38.4 Å². The summed E-state index contributed by atoms with van der Waals surface area (Å²) < 4.78 is 12.2. The number of nitrogens with zero attached hydrogens (tertiary/aromatic N) is 3. The molecule has 2 fully saturated rings. The maximum absolute atomic E-state index is 12.5. The minimum absolute atomic E-state index is 0.000383. The Bertz CT molecular complexity index is 850. The molecule has 0 atom stereocenters. The first-order valence-electron chi connectivity index (χ1n) is 10.5. The molecule has 1 aliphatic carbocycles. The summed E-state index contributed by atoms with van der Waals surface area (Å²) in [5.41, 5.74) is 0.915. The van der Waals surface area contributed by atoms with Crippen molar-refractivity contribution in [3.8, 4) is 11.5 Å². The highest BCUT2D eigenvalue weighted by molar-refractivity contribution is 9.10. The van der Waals surface area contributed by atoms with E-state index in [1.807, 2.05) is 24.3 Å². The molecule has 1 amide bonds. The number of carbonyl (C=O) groups excluding carboxylic acids is 1. The van der Waals surface area contributed by atoms with Crippen molar-refractivity contribution in [1.82, 2.24) is 20.4 Å². The number of carbonyl (C=O) groups is 1. The molecule has 1 saturated heterocycles. The van der Waals surface area contributed by atoms with E-state index in [4.69, 9.17) is 9.15 Å². The molecule has 162 valence electrons. The number of rotatable bonds is 7. The van der Waals surface area contributed by atoms with Gasteiger partial charge in [0.15, 0.2) is 0 Å². The lowest BCUT2D eigenvalue weighted by atomic mass is 9.79. The van der Waals surface area contributed by atoms with Crippen LogP contribution in [0.25, 0.3) is 11.5 Å². The monoisotopic (exact) mass is 494 g/mol. The summed E-state index contributed by atoms with van der Waals surface area (Å²) >= 11 is 4.71. The van der Waals surface area contributed by atoms with Crippen LogP contribution < -0.4 is 5.32 Å². The van der Waals surface area contributed by atoms with E-state index in [9.17, 15) is 4.79 Å². The molecule has 0 unspecified atom stereocenters. The zero-order valence-corrected chi connectivity index (χ0v) is 19.3. The molecule has 2 heterocycles. The van der Waals surface area contributed by atoms with Crippen molar-refractivity contribution in [3.63, 3.8) is 0 Å². The van der Waals surface area contributed by atoms with Crippen LogP contribution in [0.3, 0.4) is 0 Å². The summed E-state index contributed by atoms with van der Waals surface area (Å²) in [6.45, 7) is 4.15. The Kier molecular flexibility index (Phi) is 7.45. The quantitative estimate of drug-likeness (QED) is 0.587. The number of hydrogen-bond acceptors (Lipinski definition) is 7. The molecule has 2 aromatic rings. The fraction of sp³-hybridized carbons (Fsp3) is 0.571. The third-order valence-electron chi connectivity index (χ3n) is 5.89. The minimum atomic E-state index is 0.000383. The van der Waals surface area contributed by atoms with Crippen LogP contribution >= 0.6 is 27.7 Å². The molecule has 1 saturated carbocycles. The Labute approximate surface area is 189 Å². The van der Waals surface area contributed by atoms with Gasteiger partial charge in [-0.1, -0.05) is 53.0 Å². The van der Waals surface area contributed by atoms with Gasteiger partial charge in [0.25, 0.3) is 5.22 Å². The Morgan fingerprint density at radius 3 is 2.77 bits per heavy atom. The maximum atomic E-state index is 12.5. The van der Waals surface area contributed by atoms with Crippen LogP contribution in [0.1, 0.15) is 32.1 Å². The predicted octanol–water partition coefficient (Wildman–Crippen LogP) is 3.74. The first-order valence-corrected chi connectivity index (χ1v) is 12.2. The SMILES string of the molecule is O=C(CSc1nnc(-c2cccc(Br)c2)o1)NCC1(N2CCOCC2)CCCCC1. The number of thioether (sulfide) groups is 1. The van der Waals surface area contributed by atoms with Crippen LogP contribution in [-0.2, 0) is 9.53 Å². The van der Waals surface area contributed by atoms with Gasteiger partial charge in [-0.15, -0.1) is 10.2 Å². The third-order valence-corrected chi connectivity index (χ3v) is 7.20. The molecule has 1 aromatic carbocycles. The highest BCUT2D eigenvalue weighted by Gasteiger charge is 2.38. The lowest BCUT2D eigenvalue weighted by Crippen LogP contribution is -2.59. The fourth-order valence-corrected chi connectivity index (χ4v) is 5.29. The molecule has 0 radical (unpaired) electrons. The van der Waals surface area contributed by atoms with E-state index < -0.39 is 0 Å². The molecule has 0 bridgehead atoms. The molecule has 30 heavy (non-hydrogen) atoms. The summed E-state index contributed by atoms with van der Waals surface area (Å²) in [6.07, 6.45) is 6.01. The van der Waals surface area contributed by atoms with Gasteiger partial charge in [-0.05, 0) is 31.0 Å². The number of ether oxygens (including phenoxy) is 1. The number of benzene rings is 1. The van der Waals surface area contributed by atoms with Gasteiger partial charge >= 0.3 is 0 Å². The van der Waals surface area contributed by atoms with Gasteiger partial charge in [-0.2, -0.15) is 0 Å². The van der Waals surface area contributed by atoms with Crippen molar-refractivity contribution in [2.45, 2.75) is 42.9 Å². The molecule has 0 spiro atoms. The predicted molar refractivity (Wildman–Crippen MR) is 119 cm³/mol. The fourth-order valence-electron chi connectivity index (χ4n) is 4.30. The van der Waals surface area contributed by atoms with Crippen LogP contribution in [0.5, 0.6) is 0 Å². The summed E-state index contributed by atoms with van der Waals surface area (Å²) in [6, 6.07) is 7.69. The Morgan fingerprint density at radius 1 is 1.20 bits per heavy atom. The molecule has 1 N–H and O–H groups in total. The average Bonchev–Trinajstić information content (AvgIpc) is 3.27. The number of morpholine rings is 1. The molecule has 2 aliphatic rings. The summed E-state index contributed by atoms with van der Waals surface area (Å²) in [4.78, 5) is 15.1. The smallest absolute Gasteiger partial charge is 0.277 e. The van der Waals surface area contributed by atoms with Crippen molar-refractivity contribution in [1.29, 1.82) is 0 Å².